The first-order valence-electron chi connectivity index (χ1n) is 10.6. The molecule has 2 amide bonds. The van der Waals surface area contributed by atoms with E-state index >= 15 is 0 Å². The normalized spacial score (nSPS) is 12.2. The van der Waals surface area contributed by atoms with Gasteiger partial charge in [0, 0.05) is 29.9 Å². The van der Waals surface area contributed by atoms with Gasteiger partial charge in [0.15, 0.2) is 11.5 Å². The summed E-state index contributed by atoms with van der Waals surface area (Å²) in [6.45, 7) is 0.959. The summed E-state index contributed by atoms with van der Waals surface area (Å²) in [6, 6.07) is 18.4. The number of rotatable bonds is 7. The summed E-state index contributed by atoms with van der Waals surface area (Å²) in [4.78, 5) is 27.6. The number of methoxy groups -OCH3 is 3. The fourth-order valence-electron chi connectivity index (χ4n) is 3.98. The van der Waals surface area contributed by atoms with Crippen molar-refractivity contribution in [1.29, 1.82) is 0 Å². The summed E-state index contributed by atoms with van der Waals surface area (Å²) in [5, 5.41) is 2.93. The highest BCUT2D eigenvalue weighted by molar-refractivity contribution is 6.07. The third kappa shape index (κ3) is 4.48. The van der Waals surface area contributed by atoms with Gasteiger partial charge in [-0.1, -0.05) is 30.3 Å². The molecule has 0 unspecified atom stereocenters. The highest BCUT2D eigenvalue weighted by atomic mass is 16.5. The van der Waals surface area contributed by atoms with Gasteiger partial charge in [0.1, 0.15) is 0 Å². The van der Waals surface area contributed by atoms with Gasteiger partial charge in [0.25, 0.3) is 11.8 Å². The summed E-state index contributed by atoms with van der Waals surface area (Å²) in [5.41, 5.74) is 3.97. The minimum absolute atomic E-state index is 0.0204. The van der Waals surface area contributed by atoms with E-state index in [0.29, 0.717) is 41.5 Å². The number of amides is 2. The molecule has 7 heteroatoms. The summed E-state index contributed by atoms with van der Waals surface area (Å²) in [6.07, 6.45) is 0.811. The van der Waals surface area contributed by atoms with Gasteiger partial charge >= 0.3 is 0 Å². The average molecular weight is 447 g/mol. The monoisotopic (exact) mass is 446 g/mol. The van der Waals surface area contributed by atoms with Crippen LogP contribution >= 0.6 is 0 Å². The smallest absolute Gasteiger partial charge is 0.258 e. The van der Waals surface area contributed by atoms with Crippen molar-refractivity contribution in [3.05, 3.63) is 82.9 Å². The second-order valence-electron chi connectivity index (χ2n) is 7.63. The van der Waals surface area contributed by atoms with Crippen LogP contribution in [0.15, 0.2) is 60.7 Å². The van der Waals surface area contributed by atoms with Crippen LogP contribution in [0.3, 0.4) is 0 Å². The van der Waals surface area contributed by atoms with Gasteiger partial charge in [0.2, 0.25) is 5.75 Å². The number of ether oxygens (including phenoxy) is 3. The molecular weight excluding hydrogens is 420 g/mol. The Balaban J connectivity index is 1.50. The lowest BCUT2D eigenvalue weighted by Crippen LogP contribution is -2.29. The Morgan fingerprint density at radius 1 is 0.879 bits per heavy atom. The highest BCUT2D eigenvalue weighted by Gasteiger charge is 2.26. The molecule has 0 fully saturated rings. The predicted molar refractivity (Wildman–Crippen MR) is 126 cm³/mol. The van der Waals surface area contributed by atoms with Crippen LogP contribution in [0, 0.1) is 0 Å². The lowest BCUT2D eigenvalue weighted by Gasteiger charge is -2.18. The molecule has 4 rings (SSSR count). The predicted octanol–water partition coefficient (Wildman–Crippen LogP) is 3.85. The second-order valence-corrected chi connectivity index (χ2v) is 7.63. The molecule has 33 heavy (non-hydrogen) atoms. The van der Waals surface area contributed by atoms with E-state index in [0.717, 1.165) is 23.2 Å². The van der Waals surface area contributed by atoms with E-state index in [9.17, 15) is 9.59 Å². The van der Waals surface area contributed by atoms with Crippen molar-refractivity contribution in [2.45, 2.75) is 13.0 Å². The maximum Gasteiger partial charge on any atom is 0.258 e. The molecule has 1 aliphatic heterocycles. The van der Waals surface area contributed by atoms with Crippen molar-refractivity contribution in [1.82, 2.24) is 5.32 Å². The molecule has 170 valence electrons. The first-order valence-corrected chi connectivity index (χ1v) is 10.6. The number of hydrogen-bond donors (Lipinski definition) is 1. The Hall–Kier alpha value is -4.00. The fraction of sp³-hybridized carbons (Fsp3) is 0.231. The highest BCUT2D eigenvalue weighted by Crippen LogP contribution is 2.38. The number of benzene rings is 3. The number of anilines is 1. The van der Waals surface area contributed by atoms with Crippen LogP contribution in [0.25, 0.3) is 0 Å². The summed E-state index contributed by atoms with van der Waals surface area (Å²) in [5.74, 6) is 0.961. The van der Waals surface area contributed by atoms with E-state index in [1.54, 1.807) is 17.0 Å². The molecule has 3 aromatic rings. The van der Waals surface area contributed by atoms with Crippen molar-refractivity contribution in [2.24, 2.45) is 0 Å². The number of hydrogen-bond acceptors (Lipinski definition) is 5. The molecule has 0 saturated carbocycles. The number of carbonyl (C=O) groups is 2. The molecule has 0 saturated heterocycles. The summed E-state index contributed by atoms with van der Waals surface area (Å²) < 4.78 is 16.0. The van der Waals surface area contributed by atoms with Gasteiger partial charge in [-0.3, -0.25) is 9.59 Å². The molecule has 1 N–H and O–H groups in total. The van der Waals surface area contributed by atoms with Crippen molar-refractivity contribution in [3.8, 4) is 17.2 Å². The Kier molecular flexibility index (Phi) is 6.49. The maximum atomic E-state index is 13.0. The molecule has 1 heterocycles. The van der Waals surface area contributed by atoms with Gasteiger partial charge in [-0.05, 0) is 47.9 Å². The van der Waals surface area contributed by atoms with Gasteiger partial charge < -0.3 is 24.4 Å². The number of fused-ring (bicyclic) bond motifs is 1. The molecule has 3 aromatic carbocycles. The van der Waals surface area contributed by atoms with Gasteiger partial charge in [-0.2, -0.15) is 0 Å². The lowest BCUT2D eigenvalue weighted by molar-refractivity contribution is 0.0948. The Bertz CT molecular complexity index is 1150. The van der Waals surface area contributed by atoms with E-state index in [1.807, 2.05) is 48.5 Å². The number of nitrogens with one attached hydrogen (secondary N) is 1. The molecule has 1 aliphatic rings. The molecule has 0 aromatic heterocycles. The van der Waals surface area contributed by atoms with Gasteiger partial charge in [-0.25, -0.2) is 0 Å². The van der Waals surface area contributed by atoms with Gasteiger partial charge in [0.05, 0.1) is 21.3 Å². The third-order valence-corrected chi connectivity index (χ3v) is 5.69. The Morgan fingerprint density at radius 3 is 2.21 bits per heavy atom. The van der Waals surface area contributed by atoms with Gasteiger partial charge in [-0.15, -0.1) is 0 Å². The maximum absolute atomic E-state index is 13.0. The first-order chi connectivity index (χ1) is 16.0. The minimum Gasteiger partial charge on any atom is -0.493 e. The van der Waals surface area contributed by atoms with Crippen LogP contribution in [0.2, 0.25) is 0 Å². The van der Waals surface area contributed by atoms with Crippen molar-refractivity contribution >= 4 is 17.5 Å². The summed E-state index contributed by atoms with van der Waals surface area (Å²) >= 11 is 0. The van der Waals surface area contributed by atoms with E-state index in [1.165, 1.54) is 21.3 Å². The number of carbonyl (C=O) groups excluding carboxylic acids is 2. The van der Waals surface area contributed by atoms with Crippen LogP contribution in [0.1, 0.15) is 31.8 Å². The van der Waals surface area contributed by atoms with E-state index in [-0.39, 0.29) is 11.8 Å². The zero-order chi connectivity index (χ0) is 23.4. The lowest BCUT2D eigenvalue weighted by atomic mass is 10.1. The second kappa shape index (κ2) is 9.65. The van der Waals surface area contributed by atoms with E-state index < -0.39 is 0 Å². The average Bonchev–Trinajstić information content (AvgIpc) is 3.29. The zero-order valence-corrected chi connectivity index (χ0v) is 18.9. The van der Waals surface area contributed by atoms with Crippen LogP contribution in [-0.4, -0.2) is 39.7 Å². The van der Waals surface area contributed by atoms with E-state index in [4.69, 9.17) is 14.2 Å². The largest absolute Gasteiger partial charge is 0.493 e. The van der Waals surface area contributed by atoms with Crippen molar-refractivity contribution in [2.75, 3.05) is 32.8 Å². The SMILES string of the molecule is COc1cc(C(=O)NCc2ccc3c(c2)N(C(=O)c2ccccc2)CC3)cc(OC)c1OC. The standard InChI is InChI=1S/C26H26N2O5/c1-31-22-14-20(15-23(32-2)24(22)33-3)25(29)27-16-17-9-10-18-11-12-28(21(18)13-17)26(30)19-7-5-4-6-8-19/h4-10,13-15H,11-12,16H2,1-3H3,(H,27,29). The topological polar surface area (TPSA) is 77.1 Å². The minimum atomic E-state index is -0.271. The quantitative estimate of drug-likeness (QED) is 0.597. The molecule has 0 bridgehead atoms. The molecule has 0 radical (unpaired) electrons. The van der Waals surface area contributed by atoms with Crippen LogP contribution in [-0.2, 0) is 13.0 Å². The molecule has 0 spiro atoms. The Morgan fingerprint density at radius 2 is 1.58 bits per heavy atom. The zero-order valence-electron chi connectivity index (χ0n) is 18.9. The third-order valence-electron chi connectivity index (χ3n) is 5.69. The van der Waals surface area contributed by atoms with Crippen LogP contribution < -0.4 is 24.4 Å². The molecule has 0 atom stereocenters. The summed E-state index contributed by atoms with van der Waals surface area (Å²) in [7, 11) is 4.53. The molecule has 7 nitrogen and oxygen atoms in total. The van der Waals surface area contributed by atoms with Crippen molar-refractivity contribution < 1.29 is 23.8 Å². The van der Waals surface area contributed by atoms with Crippen LogP contribution in [0.5, 0.6) is 17.2 Å². The molecular formula is C26H26N2O5. The van der Waals surface area contributed by atoms with E-state index in [2.05, 4.69) is 5.32 Å². The Labute approximate surface area is 192 Å². The van der Waals surface area contributed by atoms with Crippen LogP contribution in [0.4, 0.5) is 5.69 Å². The van der Waals surface area contributed by atoms with Crippen molar-refractivity contribution in [3.63, 3.8) is 0 Å². The number of nitrogens with zero attached hydrogens (tertiary/aromatic N) is 1. The fourth-order valence-corrected chi connectivity index (χ4v) is 3.98. The first kappa shape index (κ1) is 22.2. The molecule has 0 aliphatic carbocycles.